The number of pyridine rings is 5. The Labute approximate surface area is 847 Å². The van der Waals surface area contributed by atoms with Crippen LogP contribution in [-0.4, -0.2) is 240 Å². The van der Waals surface area contributed by atoms with Crippen LogP contribution in [0.25, 0.3) is 55.6 Å². The van der Waals surface area contributed by atoms with Crippen molar-refractivity contribution in [1.29, 1.82) is 26.3 Å². The van der Waals surface area contributed by atoms with Crippen molar-refractivity contribution in [3.05, 3.63) is 183 Å². The molecule has 20 rings (SSSR count). The summed E-state index contributed by atoms with van der Waals surface area (Å²) in [6.07, 6.45) is 49.4. The van der Waals surface area contributed by atoms with E-state index in [0.717, 1.165) is 189 Å². The van der Waals surface area contributed by atoms with Gasteiger partial charge in [-0.2, -0.15) is 76.7 Å². The number of hydrogen-bond donors (Lipinski definition) is 8. The Morgan fingerprint density at radius 3 is 0.701 bits per heavy atom. The van der Waals surface area contributed by atoms with Gasteiger partial charge >= 0.3 is 0 Å². The molecule has 0 radical (unpaired) electrons. The lowest BCUT2D eigenvalue weighted by Crippen LogP contribution is -2.22. The molecule has 0 unspecified atom stereocenters. The highest BCUT2D eigenvalue weighted by Crippen LogP contribution is 2.39. The number of nitrogens with zero attached hydrogens (tertiary/aromatic N) is 32. The summed E-state index contributed by atoms with van der Waals surface area (Å²) in [4.78, 5) is 69.8. The van der Waals surface area contributed by atoms with Crippen LogP contribution in [0.1, 0.15) is 118 Å². The van der Waals surface area contributed by atoms with Gasteiger partial charge in [0.15, 0.2) is 29.1 Å². The molecule has 15 aromatic heterocycles. The van der Waals surface area contributed by atoms with Gasteiger partial charge in [-0.25, -0.2) is 49.8 Å². The van der Waals surface area contributed by atoms with E-state index >= 15 is 0 Å². The molecule has 15 aromatic rings. The van der Waals surface area contributed by atoms with Crippen molar-refractivity contribution in [3.8, 4) is 127 Å². The van der Waals surface area contributed by atoms with Gasteiger partial charge in [-0.3, -0.25) is 23.4 Å². The summed E-state index contributed by atoms with van der Waals surface area (Å²) < 4.78 is 49.4. The van der Waals surface area contributed by atoms with Crippen LogP contribution in [0.4, 0.5) is 75.2 Å². The van der Waals surface area contributed by atoms with E-state index < -0.39 is 0 Å². The Morgan fingerprint density at radius 2 is 0.497 bits per heavy atom. The molecule has 147 heavy (non-hydrogen) atoms. The summed E-state index contributed by atoms with van der Waals surface area (Å²) in [5.74, 6) is 7.71. The van der Waals surface area contributed by atoms with E-state index in [1.54, 1.807) is 112 Å². The average Bonchev–Trinajstić information content (AvgIpc) is 1.76. The number of aromatic nitrogens is 25. The zero-order valence-electron chi connectivity index (χ0n) is 83.2. The molecule has 47 heteroatoms. The SMILES string of the molecule is CNc1cc(Nc2cnc(C#N)c(OC3CCCC3)n2)ncc1-c1cnn(C)c1.CNc1cc(Nc2cnc(C#N)c(OC3CCCC3)n2)ncc1-c1cnn(C)c1.CNc1cc(Nc2cnc(C#N)c(O[C@@H]3CCN(C)C3)n2)ncc1-c1cnn(C)c1.COc1cc(Nc2cnc(C#N)c(OC3CCCC3)n2)ncc1-c1cnn(C)c1.COc1cc(Nc2cnc(C#N)c(O[C@@H]3CCN(C)C3)n2)ncc1-c1cnn(C)c1. The lowest BCUT2D eigenvalue weighted by molar-refractivity contribution is 0.198. The second-order valence-corrected chi connectivity index (χ2v) is 35.0. The number of methoxy groups -OCH3 is 2. The number of likely N-dealkylation sites (tertiary alicyclic amines) is 2. The lowest BCUT2D eigenvalue weighted by Gasteiger charge is -2.15. The van der Waals surface area contributed by atoms with Crippen LogP contribution in [-0.2, 0) is 35.2 Å². The van der Waals surface area contributed by atoms with Crippen LogP contribution in [0.3, 0.4) is 0 Å². The number of likely N-dealkylation sites (N-methyl/N-ethyl adjacent to an activating group) is 2. The van der Waals surface area contributed by atoms with Crippen molar-refractivity contribution in [2.45, 2.75) is 120 Å². The first kappa shape index (κ1) is 102. The lowest BCUT2D eigenvalue weighted by atomic mass is 10.1. The summed E-state index contributed by atoms with van der Waals surface area (Å²) in [7, 11) is 22.2. The third kappa shape index (κ3) is 26.5. The van der Waals surface area contributed by atoms with E-state index in [1.807, 2.05) is 150 Å². The van der Waals surface area contributed by atoms with E-state index in [0.29, 0.717) is 69.7 Å². The van der Waals surface area contributed by atoms with Crippen LogP contribution >= 0.6 is 0 Å². The van der Waals surface area contributed by atoms with Crippen molar-refractivity contribution in [2.75, 3.05) is 118 Å². The Morgan fingerprint density at radius 1 is 0.272 bits per heavy atom. The zero-order valence-corrected chi connectivity index (χ0v) is 83.2. The number of nitrogens with one attached hydrogen (secondary N) is 8. The molecule has 0 bridgehead atoms. The molecule has 2 atom stereocenters. The Kier molecular flexibility index (Phi) is 33.4. The fourth-order valence-electron chi connectivity index (χ4n) is 16.9. The van der Waals surface area contributed by atoms with Crippen molar-refractivity contribution < 1.29 is 33.2 Å². The minimum absolute atomic E-state index is 0.000524. The van der Waals surface area contributed by atoms with Gasteiger partial charge in [0.1, 0.15) is 101 Å². The van der Waals surface area contributed by atoms with Crippen LogP contribution < -0.4 is 75.7 Å². The second-order valence-electron chi connectivity index (χ2n) is 35.0. The summed E-state index contributed by atoms with van der Waals surface area (Å²) in [5.41, 5.74) is 12.8. The maximum atomic E-state index is 9.34. The minimum atomic E-state index is -0.0105. The molecule has 5 fully saturated rings. The molecule has 3 saturated carbocycles. The van der Waals surface area contributed by atoms with Crippen molar-refractivity contribution >= 4 is 75.2 Å². The third-order valence-corrected chi connectivity index (χ3v) is 24.3. The standard InChI is InChI=1S/C20H23N9O.C20H22N8O2.2C20H22N8O.C20H21N7O2/c1-22-16-6-18(24-9-15(16)13-8-25-29(3)11-13)26-19-10-23-17(7-21)20(27-19)30-14-4-5-28(2)12-14;1-27-5-4-14(12-27)30-20-16(7-21)22-10-19(26-20)25-18-6-17(29-3)15(9-23-18)13-8-24-28(2)11-13;2*1-22-16-7-18(24-10-15(16)13-9-25-28(2)12-13)26-19-11-23-17(8-21)20(27-19)29-14-5-3-4-6-14;1-27-12-13(9-24-27)15-10-23-18(7-17(15)28-2)25-19-11-22-16(8-21)20(26-19)29-14-5-3-4-6-14/h6,8-11,14H,4-5,12H2,1-3H3,(H2,22,24,26,27);6,8-11,14H,4-5,12H2,1-3H3,(H,23,25,26);2*7,9-12,14H,3-6H2,1-2H3,(H2,22,24,26,27);7,9-12,14H,3-6H2,1-2H3,(H,23,25,26)/t2*14-;;;/m11.../s1. The van der Waals surface area contributed by atoms with Crippen LogP contribution in [0.15, 0.2) is 154 Å². The molecule has 3 aliphatic carbocycles. The number of ether oxygens (including phenoxy) is 7. The number of anilines is 13. The predicted molar refractivity (Wildman–Crippen MR) is 546 cm³/mol. The van der Waals surface area contributed by atoms with Gasteiger partial charge in [-0.15, -0.1) is 0 Å². The molecule has 17 heterocycles. The van der Waals surface area contributed by atoms with Gasteiger partial charge in [0.05, 0.1) is 76.2 Å². The van der Waals surface area contributed by atoms with Gasteiger partial charge in [-0.1, -0.05) is 0 Å². The van der Waals surface area contributed by atoms with Crippen LogP contribution in [0.2, 0.25) is 0 Å². The van der Waals surface area contributed by atoms with Crippen LogP contribution in [0, 0.1) is 56.7 Å². The molecule has 47 nitrogen and oxygen atoms in total. The monoisotopic (exact) mass is 1980 g/mol. The number of hydrogen-bond acceptors (Lipinski definition) is 42. The molecule has 2 aliphatic heterocycles. The molecule has 752 valence electrons. The van der Waals surface area contributed by atoms with Gasteiger partial charge in [-0.05, 0) is 104 Å². The molecule has 0 aromatic carbocycles. The van der Waals surface area contributed by atoms with Crippen molar-refractivity contribution in [2.24, 2.45) is 35.2 Å². The Bertz CT molecular complexity index is 6740. The largest absolute Gasteiger partial charge is 0.496 e. The second kappa shape index (κ2) is 48.4. The normalized spacial score (nSPS) is 14.8. The van der Waals surface area contributed by atoms with Gasteiger partial charge in [0, 0.05) is 248 Å². The first-order valence-electron chi connectivity index (χ1n) is 47.6. The zero-order chi connectivity index (χ0) is 103. The number of aryl methyl sites for hydroxylation is 5. The minimum Gasteiger partial charge on any atom is -0.496 e. The number of nitriles is 5. The van der Waals surface area contributed by atoms with E-state index in [9.17, 15) is 26.3 Å². The Balaban J connectivity index is 0.000000131. The van der Waals surface area contributed by atoms with Gasteiger partial charge in [0.25, 0.3) is 29.4 Å². The van der Waals surface area contributed by atoms with E-state index in [1.165, 1.54) is 31.0 Å². The highest BCUT2D eigenvalue weighted by Gasteiger charge is 2.29. The highest BCUT2D eigenvalue weighted by atomic mass is 16.5. The maximum Gasteiger partial charge on any atom is 0.253 e. The molecule has 2 saturated heterocycles. The van der Waals surface area contributed by atoms with Gasteiger partial charge in [0.2, 0.25) is 28.5 Å². The fraction of sp³-hybridized carbons (Fsp3) is 0.350. The molecule has 0 spiro atoms. The smallest absolute Gasteiger partial charge is 0.253 e. The number of rotatable bonds is 30. The molecular formula is C100H110N40O7. The molecule has 0 amide bonds. The predicted octanol–water partition coefficient (Wildman–Crippen LogP) is 13.7. The first-order valence-corrected chi connectivity index (χ1v) is 47.6. The Hall–Kier alpha value is -18.4. The van der Waals surface area contributed by atoms with E-state index in [4.69, 9.17) is 33.2 Å². The van der Waals surface area contributed by atoms with E-state index in [-0.39, 0.29) is 88.4 Å². The van der Waals surface area contributed by atoms with Crippen molar-refractivity contribution in [1.82, 2.24) is 133 Å². The summed E-state index contributed by atoms with van der Waals surface area (Å²) in [5, 5.41) is 92.8. The van der Waals surface area contributed by atoms with Gasteiger partial charge < -0.3 is 85.5 Å². The average molecular weight is 1980 g/mol. The quantitative estimate of drug-likeness (QED) is 0.0207. The fourth-order valence-corrected chi connectivity index (χ4v) is 16.9. The summed E-state index contributed by atoms with van der Waals surface area (Å²) >= 11 is 0. The molecular weight excluding hydrogens is 1870 g/mol. The maximum absolute atomic E-state index is 9.34. The van der Waals surface area contributed by atoms with E-state index in [2.05, 4.69) is 153 Å². The van der Waals surface area contributed by atoms with Crippen molar-refractivity contribution in [3.63, 3.8) is 0 Å². The molecule has 5 aliphatic rings. The first-order chi connectivity index (χ1) is 71.6. The topological polar surface area (TPSA) is 569 Å². The highest BCUT2D eigenvalue weighted by molar-refractivity contribution is 5.82. The summed E-state index contributed by atoms with van der Waals surface area (Å²) in [6, 6.07) is 19.4. The molecule has 8 N–H and O–H groups in total. The third-order valence-electron chi connectivity index (χ3n) is 24.3. The van der Waals surface area contributed by atoms with Crippen LogP contribution in [0.5, 0.6) is 40.9 Å². The summed E-state index contributed by atoms with van der Waals surface area (Å²) in [6.45, 7) is 3.49.